The number of esters is 1. The molecule has 0 aliphatic rings. The molecule has 1 unspecified atom stereocenters. The molecule has 0 aromatic carbocycles. The van der Waals surface area contributed by atoms with Gasteiger partial charge in [0.25, 0.3) is 0 Å². The average molecular weight is 229 g/mol. The molecule has 1 atom stereocenters. The number of carbonyl (C=O) groups is 1. The van der Waals surface area contributed by atoms with Crippen LogP contribution in [0.5, 0.6) is 0 Å². The summed E-state index contributed by atoms with van der Waals surface area (Å²) in [6.07, 6.45) is 1.63. The summed E-state index contributed by atoms with van der Waals surface area (Å²) in [7, 11) is 0. The molecular weight excluding hydrogens is 214 g/mol. The van der Waals surface area contributed by atoms with E-state index in [0.29, 0.717) is 12.4 Å². The van der Waals surface area contributed by atoms with E-state index in [9.17, 15) is 4.79 Å². The Bertz CT molecular complexity index is 287. The third kappa shape index (κ3) is 4.40. The topological polar surface area (TPSA) is 65.5 Å². The van der Waals surface area contributed by atoms with Crippen LogP contribution in [0.3, 0.4) is 0 Å². The van der Waals surface area contributed by atoms with Crippen LogP contribution in [-0.2, 0) is 15.3 Å². The second-order valence-electron chi connectivity index (χ2n) is 2.95. The van der Waals surface area contributed by atoms with Gasteiger partial charge in [0.05, 0.1) is 18.6 Å². The van der Waals surface area contributed by atoms with Gasteiger partial charge in [0.15, 0.2) is 0 Å². The van der Waals surface area contributed by atoms with Crippen LogP contribution in [0.25, 0.3) is 0 Å². The maximum absolute atomic E-state index is 11.2. The lowest BCUT2D eigenvalue weighted by molar-refractivity contribution is -0.144. The number of nitrogens with two attached hydrogens (primary N) is 1. The number of carbonyl (C=O) groups excluding carboxylic acids is 1. The van der Waals surface area contributed by atoms with E-state index in [1.807, 2.05) is 12.1 Å². The Labute approximate surface area is 93.2 Å². The Morgan fingerprint density at radius 3 is 3.13 bits per heavy atom. The number of ether oxygens (including phenoxy) is 1. The van der Waals surface area contributed by atoms with Crippen molar-refractivity contribution in [3.63, 3.8) is 0 Å². The number of thioether (sulfide) groups is 1. The highest BCUT2D eigenvalue weighted by Gasteiger charge is 2.14. The summed E-state index contributed by atoms with van der Waals surface area (Å²) in [4.78, 5) is 11.2. The Kier molecular flexibility index (Phi) is 5.28. The summed E-state index contributed by atoms with van der Waals surface area (Å²) < 4.78 is 9.94. The van der Waals surface area contributed by atoms with Crippen molar-refractivity contribution in [1.82, 2.24) is 0 Å². The van der Waals surface area contributed by atoms with E-state index in [0.717, 1.165) is 11.5 Å². The van der Waals surface area contributed by atoms with Crippen molar-refractivity contribution >= 4 is 17.7 Å². The van der Waals surface area contributed by atoms with E-state index in [1.54, 1.807) is 24.9 Å². The van der Waals surface area contributed by atoms with Gasteiger partial charge >= 0.3 is 5.97 Å². The summed E-state index contributed by atoms with van der Waals surface area (Å²) in [6, 6.07) is 3.18. The number of hydrogen-bond acceptors (Lipinski definition) is 5. The predicted octanol–water partition coefficient (Wildman–Crippen LogP) is 1.40. The largest absolute Gasteiger partial charge is 0.468 e. The van der Waals surface area contributed by atoms with Crippen LogP contribution in [0.4, 0.5) is 0 Å². The lowest BCUT2D eigenvalue weighted by Gasteiger charge is -2.09. The highest BCUT2D eigenvalue weighted by molar-refractivity contribution is 7.98. The zero-order valence-electron chi connectivity index (χ0n) is 8.64. The zero-order chi connectivity index (χ0) is 11.1. The van der Waals surface area contributed by atoms with Gasteiger partial charge in [-0.25, -0.2) is 0 Å². The fourth-order valence-electron chi connectivity index (χ4n) is 0.999. The van der Waals surface area contributed by atoms with Crippen LogP contribution in [-0.4, -0.2) is 24.4 Å². The molecule has 1 heterocycles. The molecule has 0 fully saturated rings. The molecule has 2 N–H and O–H groups in total. The van der Waals surface area contributed by atoms with Crippen molar-refractivity contribution in [2.75, 3.05) is 12.4 Å². The Balaban J connectivity index is 2.17. The van der Waals surface area contributed by atoms with Crippen molar-refractivity contribution in [3.8, 4) is 0 Å². The Morgan fingerprint density at radius 1 is 1.73 bits per heavy atom. The summed E-state index contributed by atoms with van der Waals surface area (Å²) in [5, 5.41) is 0. The summed E-state index contributed by atoms with van der Waals surface area (Å²) in [5.74, 6) is 1.81. The van der Waals surface area contributed by atoms with Crippen molar-refractivity contribution in [2.45, 2.75) is 18.7 Å². The number of rotatable bonds is 6. The first-order valence-corrected chi connectivity index (χ1v) is 5.92. The quantitative estimate of drug-likeness (QED) is 0.747. The molecule has 0 saturated heterocycles. The molecule has 0 radical (unpaired) electrons. The molecule has 5 heteroatoms. The van der Waals surface area contributed by atoms with Gasteiger partial charge in [-0.05, 0) is 19.1 Å². The molecule has 4 nitrogen and oxygen atoms in total. The lowest BCUT2D eigenvalue weighted by Crippen LogP contribution is -2.34. The summed E-state index contributed by atoms with van der Waals surface area (Å²) >= 11 is 1.55. The van der Waals surface area contributed by atoms with E-state index in [4.69, 9.17) is 14.9 Å². The molecule has 1 aromatic rings. The van der Waals surface area contributed by atoms with Crippen LogP contribution in [0.2, 0.25) is 0 Å². The summed E-state index contributed by atoms with van der Waals surface area (Å²) in [6.45, 7) is 2.13. The van der Waals surface area contributed by atoms with Gasteiger partial charge < -0.3 is 14.9 Å². The summed E-state index contributed by atoms with van der Waals surface area (Å²) in [5.41, 5.74) is 5.62. The maximum atomic E-state index is 11.2. The normalized spacial score (nSPS) is 12.4. The van der Waals surface area contributed by atoms with Crippen molar-refractivity contribution in [1.29, 1.82) is 0 Å². The molecule has 0 saturated carbocycles. The van der Waals surface area contributed by atoms with Crippen molar-refractivity contribution in [3.05, 3.63) is 24.2 Å². The minimum absolute atomic E-state index is 0.343. The molecule has 1 rings (SSSR count). The second kappa shape index (κ2) is 6.53. The van der Waals surface area contributed by atoms with Crippen LogP contribution >= 0.6 is 11.8 Å². The zero-order valence-corrected chi connectivity index (χ0v) is 9.46. The third-order valence-corrected chi connectivity index (χ3v) is 2.79. The van der Waals surface area contributed by atoms with Crippen LogP contribution in [0.1, 0.15) is 12.7 Å². The third-order valence-electron chi connectivity index (χ3n) is 1.71. The van der Waals surface area contributed by atoms with Gasteiger partial charge in [0.1, 0.15) is 11.8 Å². The molecule has 15 heavy (non-hydrogen) atoms. The van der Waals surface area contributed by atoms with Crippen LogP contribution < -0.4 is 5.73 Å². The van der Waals surface area contributed by atoms with Gasteiger partial charge in [-0.15, -0.1) is 0 Å². The molecule has 0 aliphatic carbocycles. The van der Waals surface area contributed by atoms with Crippen molar-refractivity contribution in [2.24, 2.45) is 5.73 Å². The van der Waals surface area contributed by atoms with Crippen LogP contribution in [0.15, 0.2) is 22.8 Å². The fraction of sp³-hybridized carbons (Fsp3) is 0.500. The van der Waals surface area contributed by atoms with Gasteiger partial charge in [-0.1, -0.05) is 0 Å². The monoisotopic (exact) mass is 229 g/mol. The smallest absolute Gasteiger partial charge is 0.323 e. The Hall–Kier alpha value is -0.940. The van der Waals surface area contributed by atoms with E-state index in [-0.39, 0.29) is 5.97 Å². The molecule has 84 valence electrons. The SMILES string of the molecule is CCOC(=O)C(N)CSCc1ccco1. The highest BCUT2D eigenvalue weighted by atomic mass is 32.2. The molecule has 0 spiro atoms. The van der Waals surface area contributed by atoms with E-state index in [1.165, 1.54) is 0 Å². The van der Waals surface area contributed by atoms with Crippen molar-refractivity contribution < 1.29 is 13.9 Å². The van der Waals surface area contributed by atoms with Crippen LogP contribution in [0, 0.1) is 0 Å². The second-order valence-corrected chi connectivity index (χ2v) is 3.98. The molecule has 1 aromatic heterocycles. The fourth-order valence-corrected chi connectivity index (χ4v) is 1.87. The molecule has 0 amide bonds. The first-order chi connectivity index (χ1) is 7.24. The number of furan rings is 1. The van der Waals surface area contributed by atoms with Gasteiger partial charge in [0.2, 0.25) is 0 Å². The lowest BCUT2D eigenvalue weighted by atomic mass is 10.4. The van der Waals surface area contributed by atoms with Gasteiger partial charge in [-0.2, -0.15) is 11.8 Å². The van der Waals surface area contributed by atoms with E-state index >= 15 is 0 Å². The molecule has 0 bridgehead atoms. The predicted molar refractivity (Wildman–Crippen MR) is 59.5 cm³/mol. The first-order valence-electron chi connectivity index (χ1n) is 4.76. The van der Waals surface area contributed by atoms with Gasteiger partial charge in [-0.3, -0.25) is 4.79 Å². The average Bonchev–Trinajstić information content (AvgIpc) is 2.71. The standard InChI is InChI=1S/C10H15NO3S/c1-2-13-10(12)9(11)7-15-6-8-4-3-5-14-8/h3-5,9H,2,6-7,11H2,1H3. The molecular formula is C10H15NO3S. The first kappa shape index (κ1) is 12.1. The van der Waals surface area contributed by atoms with E-state index in [2.05, 4.69) is 0 Å². The van der Waals surface area contributed by atoms with Gasteiger partial charge in [0, 0.05) is 5.75 Å². The minimum atomic E-state index is -0.551. The van der Waals surface area contributed by atoms with E-state index < -0.39 is 6.04 Å². The number of hydrogen-bond donors (Lipinski definition) is 1. The molecule has 0 aliphatic heterocycles. The minimum Gasteiger partial charge on any atom is -0.468 e. The Morgan fingerprint density at radius 2 is 2.53 bits per heavy atom. The maximum Gasteiger partial charge on any atom is 0.323 e. The highest BCUT2D eigenvalue weighted by Crippen LogP contribution is 2.13.